The van der Waals surface area contributed by atoms with Crippen LogP contribution in [0.5, 0.6) is 5.75 Å². The normalized spacial score (nSPS) is 13.0. The van der Waals surface area contributed by atoms with Crippen molar-refractivity contribution in [1.29, 1.82) is 0 Å². The lowest BCUT2D eigenvalue weighted by Gasteiger charge is -2.15. The lowest BCUT2D eigenvalue weighted by Crippen LogP contribution is -2.25. The number of alkyl halides is 3. The van der Waals surface area contributed by atoms with E-state index in [1.807, 2.05) is 13.8 Å². The Hall–Kier alpha value is -4.01. The summed E-state index contributed by atoms with van der Waals surface area (Å²) in [6.45, 7) is 6.77. The smallest absolute Gasteiger partial charge is 0.489 e. The minimum Gasteiger partial charge on any atom is -0.489 e. The van der Waals surface area contributed by atoms with Gasteiger partial charge >= 0.3 is 21.6 Å². The van der Waals surface area contributed by atoms with Crippen LogP contribution in [0.15, 0.2) is 48.1 Å². The Labute approximate surface area is 234 Å². The van der Waals surface area contributed by atoms with Crippen molar-refractivity contribution in [2.24, 2.45) is 11.1 Å². The Balaban J connectivity index is 2.55. The van der Waals surface area contributed by atoms with Gasteiger partial charge in [0.15, 0.2) is 0 Å². The summed E-state index contributed by atoms with van der Waals surface area (Å²) in [5.74, 6) is -1.46. The third-order valence-corrected chi connectivity index (χ3v) is 6.86. The molecule has 224 valence electrons. The van der Waals surface area contributed by atoms with Crippen LogP contribution < -0.4 is 4.74 Å². The number of benzene rings is 2. The molecular weight excluding hydrogens is 573 g/mol. The molecule has 0 heterocycles. The first-order chi connectivity index (χ1) is 19.2. The van der Waals surface area contributed by atoms with E-state index in [0.29, 0.717) is 12.8 Å². The maximum atomic E-state index is 13.6. The average Bonchev–Trinajstić information content (AvgIpc) is 2.93. The molecule has 0 spiro atoms. The van der Waals surface area contributed by atoms with Crippen molar-refractivity contribution in [1.82, 2.24) is 0 Å². The number of Topliss-reactive ketones (excluding diaryl/α,β-unsaturated/α-hetero) is 1. The Morgan fingerprint density at radius 2 is 1.83 bits per heavy atom. The zero-order valence-corrected chi connectivity index (χ0v) is 23.1. The zero-order valence-electron chi connectivity index (χ0n) is 22.3. The van der Waals surface area contributed by atoms with Crippen LogP contribution in [0.2, 0.25) is 0 Å². The highest BCUT2D eigenvalue weighted by Crippen LogP contribution is 2.33. The molecule has 0 bridgehead atoms. The van der Waals surface area contributed by atoms with Gasteiger partial charge in [-0.15, -0.1) is 0 Å². The number of halogens is 3. The number of carbonyl (C=O) groups excluding carboxylic acids is 2. The molecule has 0 aliphatic heterocycles. The van der Waals surface area contributed by atoms with E-state index in [9.17, 15) is 41.3 Å². The summed E-state index contributed by atoms with van der Waals surface area (Å²) in [6, 6.07) is 6.06. The summed E-state index contributed by atoms with van der Waals surface area (Å²) in [5, 5.41) is 14.7. The fraction of sp³-hybridized carbons (Fsp3) is 0.423. The maximum Gasteiger partial charge on any atom is 0.536 e. The second-order valence-corrected chi connectivity index (χ2v) is 10.3. The van der Waals surface area contributed by atoms with E-state index in [0.717, 1.165) is 31.1 Å². The number of nitrogens with zero attached hydrogens (tertiary/aromatic N) is 2. The fourth-order valence-corrected chi connectivity index (χ4v) is 4.17. The van der Waals surface area contributed by atoms with Gasteiger partial charge in [0.2, 0.25) is 5.78 Å². The van der Waals surface area contributed by atoms with Gasteiger partial charge < -0.3 is 9.47 Å². The molecule has 0 amide bonds. The molecule has 0 N–H and O–H groups in total. The van der Waals surface area contributed by atoms with Crippen molar-refractivity contribution in [2.45, 2.75) is 51.5 Å². The highest BCUT2D eigenvalue weighted by atomic mass is 32.2. The van der Waals surface area contributed by atoms with E-state index in [1.165, 1.54) is 18.2 Å². The van der Waals surface area contributed by atoms with Gasteiger partial charge in [0.1, 0.15) is 24.7 Å². The van der Waals surface area contributed by atoms with Gasteiger partial charge in [0, 0.05) is 29.2 Å². The van der Waals surface area contributed by atoms with E-state index in [4.69, 9.17) is 9.47 Å². The zero-order chi connectivity index (χ0) is 30.8. The number of hydrogen-bond acceptors (Lipinski definition) is 10. The SMILES string of the molecule is C=CC(=O)OCCOc1ccc(C(=O)/C(CCC(CC)CCC)=N/OS(=O)(=O)C(F)(F)F)c2ccc([N+](=O)[O-])cc12. The van der Waals surface area contributed by atoms with Crippen molar-refractivity contribution < 1.29 is 49.9 Å². The van der Waals surface area contributed by atoms with Crippen LogP contribution in [0.4, 0.5) is 18.9 Å². The predicted molar refractivity (Wildman–Crippen MR) is 143 cm³/mol. The number of ketones is 1. The molecule has 11 nitrogen and oxygen atoms in total. The highest BCUT2D eigenvalue weighted by molar-refractivity contribution is 7.87. The molecule has 0 aromatic heterocycles. The first-order valence-corrected chi connectivity index (χ1v) is 13.9. The number of oxime groups is 1. The second kappa shape index (κ2) is 14.6. The maximum absolute atomic E-state index is 13.6. The van der Waals surface area contributed by atoms with Crippen molar-refractivity contribution in [3.63, 3.8) is 0 Å². The largest absolute Gasteiger partial charge is 0.536 e. The molecule has 41 heavy (non-hydrogen) atoms. The third kappa shape index (κ3) is 8.99. The Bertz CT molecular complexity index is 1420. The van der Waals surface area contributed by atoms with E-state index in [1.54, 1.807) is 0 Å². The van der Waals surface area contributed by atoms with E-state index >= 15 is 0 Å². The molecule has 15 heteroatoms. The third-order valence-electron chi connectivity index (χ3n) is 6.02. The van der Waals surface area contributed by atoms with Gasteiger partial charge in [-0.3, -0.25) is 19.2 Å². The Kier molecular flexibility index (Phi) is 11.8. The lowest BCUT2D eigenvalue weighted by atomic mass is 9.91. The van der Waals surface area contributed by atoms with Crippen LogP contribution in [0, 0.1) is 16.0 Å². The van der Waals surface area contributed by atoms with Crippen LogP contribution >= 0.6 is 0 Å². The van der Waals surface area contributed by atoms with E-state index < -0.39 is 38.0 Å². The molecule has 0 fully saturated rings. The van der Waals surface area contributed by atoms with Gasteiger partial charge in [0.25, 0.3) is 5.69 Å². The summed E-state index contributed by atoms with van der Waals surface area (Å²) in [7, 11) is -6.12. The molecule has 0 aliphatic rings. The number of fused-ring (bicyclic) bond motifs is 1. The summed E-state index contributed by atoms with van der Waals surface area (Å²) in [4.78, 5) is 35.5. The monoisotopic (exact) mass is 602 g/mol. The summed E-state index contributed by atoms with van der Waals surface area (Å²) in [5.41, 5.74) is -6.81. The average molecular weight is 603 g/mol. The van der Waals surface area contributed by atoms with Crippen LogP contribution in [-0.4, -0.2) is 49.5 Å². The second-order valence-electron chi connectivity index (χ2n) is 8.76. The molecule has 2 aromatic carbocycles. The van der Waals surface area contributed by atoms with Crippen molar-refractivity contribution in [3.8, 4) is 5.75 Å². The number of hydrogen-bond donors (Lipinski definition) is 0. The molecule has 1 atom stereocenters. The van der Waals surface area contributed by atoms with Gasteiger partial charge in [0.05, 0.1) is 4.92 Å². The Morgan fingerprint density at radius 3 is 2.41 bits per heavy atom. The fourth-order valence-electron chi connectivity index (χ4n) is 3.89. The van der Waals surface area contributed by atoms with E-state index in [-0.39, 0.29) is 53.3 Å². The summed E-state index contributed by atoms with van der Waals surface area (Å²) in [6.07, 6.45) is 3.37. The minimum absolute atomic E-state index is 0.0817. The minimum atomic E-state index is -6.12. The number of carbonyl (C=O) groups is 2. The molecule has 1 unspecified atom stereocenters. The molecule has 2 aromatic rings. The molecule has 0 saturated carbocycles. The van der Waals surface area contributed by atoms with Crippen LogP contribution in [0.25, 0.3) is 10.8 Å². The van der Waals surface area contributed by atoms with Crippen molar-refractivity contribution >= 4 is 44.0 Å². The highest BCUT2D eigenvalue weighted by Gasteiger charge is 2.49. The predicted octanol–water partition coefficient (Wildman–Crippen LogP) is 5.87. The van der Waals surface area contributed by atoms with Gasteiger partial charge in [-0.25, -0.2) is 4.79 Å². The molecule has 0 aliphatic carbocycles. The van der Waals surface area contributed by atoms with Crippen LogP contribution in [0.1, 0.15) is 56.3 Å². The molecule has 2 rings (SSSR count). The number of nitro groups is 1. The standard InChI is InChI=1S/C26H29F3N2O9S/c1-4-7-17(5-2)8-12-22(30-40-41(36,37)26(27,28)29)25(33)20-11-13-23(38-14-15-39-24(32)6-3)21-16-18(31(34)35)9-10-19(20)21/h6,9-11,13,16-17H,3-5,7-8,12,14-15H2,1-2H3/b30-22+. The number of non-ortho nitro benzene ring substituents is 1. The molecule has 0 saturated heterocycles. The summed E-state index contributed by atoms with van der Waals surface area (Å²) >= 11 is 0. The summed E-state index contributed by atoms with van der Waals surface area (Å²) < 4.78 is 75.8. The van der Waals surface area contributed by atoms with E-state index in [2.05, 4.69) is 16.0 Å². The Morgan fingerprint density at radius 1 is 1.12 bits per heavy atom. The van der Waals surface area contributed by atoms with Gasteiger partial charge in [-0.1, -0.05) is 44.8 Å². The van der Waals surface area contributed by atoms with Crippen molar-refractivity contribution in [2.75, 3.05) is 13.2 Å². The quantitative estimate of drug-likeness (QED) is 0.0336. The molecular formula is C26H29F3N2O9S. The number of rotatable bonds is 16. The number of esters is 1. The topological polar surface area (TPSA) is 151 Å². The van der Waals surface area contributed by atoms with Gasteiger partial charge in [-0.2, -0.15) is 21.6 Å². The van der Waals surface area contributed by atoms with Crippen molar-refractivity contribution in [3.05, 3.63) is 58.7 Å². The lowest BCUT2D eigenvalue weighted by molar-refractivity contribution is -0.384. The van der Waals surface area contributed by atoms with Crippen LogP contribution in [-0.2, 0) is 23.9 Å². The number of nitro benzene ring substituents is 1. The van der Waals surface area contributed by atoms with Gasteiger partial charge in [-0.05, 0) is 42.3 Å². The number of ether oxygens (including phenoxy) is 2. The first-order valence-electron chi connectivity index (χ1n) is 12.5. The first kappa shape index (κ1) is 33.2. The van der Waals surface area contributed by atoms with Crippen LogP contribution in [0.3, 0.4) is 0 Å². The molecule has 0 radical (unpaired) electrons.